The molecule has 0 aliphatic carbocycles. The zero-order valence-corrected chi connectivity index (χ0v) is 14.6. The van der Waals surface area contributed by atoms with Crippen molar-refractivity contribution < 1.29 is 23.5 Å². The van der Waals surface area contributed by atoms with E-state index in [0.717, 1.165) is 4.90 Å². The lowest BCUT2D eigenvalue weighted by molar-refractivity contribution is -0.131. The van der Waals surface area contributed by atoms with Crippen LogP contribution in [0.15, 0.2) is 48.5 Å². The number of halogens is 1. The molecule has 1 aliphatic rings. The highest BCUT2D eigenvalue weighted by Crippen LogP contribution is 2.29. The van der Waals surface area contributed by atoms with Crippen molar-refractivity contribution in [3.05, 3.63) is 65.5 Å². The second-order valence-corrected chi connectivity index (χ2v) is 6.26. The van der Waals surface area contributed by atoms with Gasteiger partial charge in [0.2, 0.25) is 5.91 Å². The molecule has 0 bridgehead atoms. The molecule has 3 rings (SSSR count). The molecular formula is C19H18FN3O4. The van der Waals surface area contributed by atoms with Gasteiger partial charge in [-0.3, -0.25) is 14.5 Å². The summed E-state index contributed by atoms with van der Waals surface area (Å²) in [6, 6.07) is 11.2. The Hall–Kier alpha value is -3.42. The Morgan fingerprint density at radius 2 is 1.96 bits per heavy atom. The lowest BCUT2D eigenvalue weighted by Crippen LogP contribution is -2.41. The summed E-state index contributed by atoms with van der Waals surface area (Å²) in [7, 11) is 0. The molecule has 0 aromatic heterocycles. The number of ether oxygens (including phenoxy) is 1. The predicted octanol–water partition coefficient (Wildman–Crippen LogP) is 1.77. The Kier molecular flexibility index (Phi) is 4.81. The molecule has 0 spiro atoms. The van der Waals surface area contributed by atoms with Gasteiger partial charge >= 0.3 is 6.03 Å². The number of imide groups is 1. The van der Waals surface area contributed by atoms with Crippen LogP contribution in [-0.4, -0.2) is 35.9 Å². The fourth-order valence-corrected chi connectivity index (χ4v) is 2.89. The van der Waals surface area contributed by atoms with E-state index < -0.39 is 29.2 Å². The molecule has 3 N–H and O–H groups in total. The highest BCUT2D eigenvalue weighted by molar-refractivity contribution is 6.07. The highest BCUT2D eigenvalue weighted by atomic mass is 19.1. The van der Waals surface area contributed by atoms with Gasteiger partial charge in [-0.15, -0.1) is 0 Å². The van der Waals surface area contributed by atoms with Crippen LogP contribution in [0, 0.1) is 5.82 Å². The zero-order chi connectivity index (χ0) is 19.6. The number of urea groups is 1. The lowest BCUT2D eigenvalue weighted by Gasteiger charge is -2.22. The summed E-state index contributed by atoms with van der Waals surface area (Å²) in [4.78, 5) is 37.5. The van der Waals surface area contributed by atoms with Gasteiger partial charge < -0.3 is 15.8 Å². The molecule has 1 heterocycles. The molecule has 1 unspecified atom stereocenters. The van der Waals surface area contributed by atoms with Crippen LogP contribution < -0.4 is 15.8 Å². The van der Waals surface area contributed by atoms with E-state index in [1.807, 2.05) is 0 Å². The third-order valence-electron chi connectivity index (χ3n) is 4.38. The van der Waals surface area contributed by atoms with E-state index in [1.165, 1.54) is 30.3 Å². The third-order valence-corrected chi connectivity index (χ3v) is 4.38. The van der Waals surface area contributed by atoms with Gasteiger partial charge in [0.25, 0.3) is 5.91 Å². The summed E-state index contributed by atoms with van der Waals surface area (Å²) in [5, 5.41) is 2.64. The van der Waals surface area contributed by atoms with Crippen molar-refractivity contribution in [2.75, 3.05) is 13.2 Å². The first-order valence-electron chi connectivity index (χ1n) is 8.24. The molecule has 1 fully saturated rings. The number of benzene rings is 2. The number of nitrogens with one attached hydrogen (secondary N) is 1. The second kappa shape index (κ2) is 7.06. The van der Waals surface area contributed by atoms with Crippen LogP contribution in [0.2, 0.25) is 0 Å². The van der Waals surface area contributed by atoms with Crippen LogP contribution in [0.4, 0.5) is 9.18 Å². The molecule has 2 aromatic rings. The van der Waals surface area contributed by atoms with Crippen LogP contribution in [0.5, 0.6) is 5.75 Å². The van der Waals surface area contributed by atoms with Crippen molar-refractivity contribution in [1.82, 2.24) is 10.2 Å². The maximum absolute atomic E-state index is 13.2. The normalized spacial score (nSPS) is 19.1. The minimum absolute atomic E-state index is 0.00766. The summed E-state index contributed by atoms with van der Waals surface area (Å²) in [6.07, 6.45) is 0. The summed E-state index contributed by atoms with van der Waals surface area (Å²) >= 11 is 0. The Balaban J connectivity index is 1.72. The van der Waals surface area contributed by atoms with Crippen molar-refractivity contribution in [2.45, 2.75) is 12.5 Å². The van der Waals surface area contributed by atoms with Gasteiger partial charge in [-0.05, 0) is 36.8 Å². The number of primary amides is 1. The summed E-state index contributed by atoms with van der Waals surface area (Å²) in [5.41, 5.74) is 4.65. The quantitative estimate of drug-likeness (QED) is 0.756. The van der Waals surface area contributed by atoms with E-state index >= 15 is 0 Å². The summed E-state index contributed by atoms with van der Waals surface area (Å²) in [5.74, 6) is -1.24. The van der Waals surface area contributed by atoms with E-state index in [2.05, 4.69) is 5.32 Å². The van der Waals surface area contributed by atoms with Crippen LogP contribution in [0.1, 0.15) is 22.8 Å². The van der Waals surface area contributed by atoms with Crippen molar-refractivity contribution in [1.29, 1.82) is 0 Å². The van der Waals surface area contributed by atoms with Crippen LogP contribution in [0.3, 0.4) is 0 Å². The fraction of sp³-hybridized carbons (Fsp3) is 0.211. The van der Waals surface area contributed by atoms with Crippen LogP contribution in [0.25, 0.3) is 0 Å². The molecule has 7 nitrogen and oxygen atoms in total. The number of carbonyl (C=O) groups excluding carboxylic acids is 3. The molecule has 2 aromatic carbocycles. The molecule has 1 aliphatic heterocycles. The van der Waals surface area contributed by atoms with Gasteiger partial charge in [0, 0.05) is 11.6 Å². The number of nitrogens with two attached hydrogens (primary N) is 1. The van der Waals surface area contributed by atoms with Crippen molar-refractivity contribution in [2.24, 2.45) is 5.73 Å². The average molecular weight is 371 g/mol. The number of carbonyl (C=O) groups is 3. The molecule has 4 amide bonds. The van der Waals surface area contributed by atoms with Crippen LogP contribution in [-0.2, 0) is 10.3 Å². The van der Waals surface area contributed by atoms with E-state index in [-0.39, 0.29) is 18.7 Å². The molecule has 1 atom stereocenters. The van der Waals surface area contributed by atoms with Crippen LogP contribution >= 0.6 is 0 Å². The molecule has 27 heavy (non-hydrogen) atoms. The number of hydrogen-bond donors (Lipinski definition) is 2. The molecule has 1 saturated heterocycles. The SMILES string of the molecule is CC1(c2cccc(C(N)=O)c2)NC(=O)N(CCOc2cccc(F)c2)C1=O. The first-order valence-corrected chi connectivity index (χ1v) is 8.24. The monoisotopic (exact) mass is 371 g/mol. The van der Waals surface area contributed by atoms with Gasteiger partial charge in [-0.2, -0.15) is 0 Å². The topological polar surface area (TPSA) is 102 Å². The molecule has 0 radical (unpaired) electrons. The Bertz CT molecular complexity index is 917. The average Bonchev–Trinajstić information content (AvgIpc) is 2.86. The first-order chi connectivity index (χ1) is 12.8. The number of amides is 4. The predicted molar refractivity (Wildman–Crippen MR) is 94.5 cm³/mol. The summed E-state index contributed by atoms with van der Waals surface area (Å²) < 4.78 is 18.6. The number of rotatable bonds is 6. The Morgan fingerprint density at radius 1 is 1.22 bits per heavy atom. The fourth-order valence-electron chi connectivity index (χ4n) is 2.89. The van der Waals surface area contributed by atoms with Gasteiger partial charge in [0.15, 0.2) is 0 Å². The van der Waals surface area contributed by atoms with Gasteiger partial charge in [0.05, 0.1) is 6.54 Å². The maximum atomic E-state index is 13.2. The minimum atomic E-state index is -1.32. The number of hydrogen-bond acceptors (Lipinski definition) is 4. The molecule has 140 valence electrons. The number of nitrogens with zero attached hydrogens (tertiary/aromatic N) is 1. The Labute approximate surface area is 154 Å². The van der Waals surface area contributed by atoms with Crippen molar-refractivity contribution in [3.63, 3.8) is 0 Å². The Morgan fingerprint density at radius 3 is 2.67 bits per heavy atom. The highest BCUT2D eigenvalue weighted by Gasteiger charge is 2.48. The zero-order valence-electron chi connectivity index (χ0n) is 14.6. The second-order valence-electron chi connectivity index (χ2n) is 6.26. The molecule has 0 saturated carbocycles. The van der Waals surface area contributed by atoms with E-state index in [1.54, 1.807) is 25.1 Å². The van der Waals surface area contributed by atoms with Crippen molar-refractivity contribution >= 4 is 17.8 Å². The van der Waals surface area contributed by atoms with Crippen molar-refractivity contribution in [3.8, 4) is 5.75 Å². The van der Waals surface area contributed by atoms with Gasteiger partial charge in [0.1, 0.15) is 23.7 Å². The van der Waals surface area contributed by atoms with E-state index in [9.17, 15) is 18.8 Å². The lowest BCUT2D eigenvalue weighted by atomic mass is 9.90. The first kappa shape index (κ1) is 18.4. The van der Waals surface area contributed by atoms with Gasteiger partial charge in [-0.1, -0.05) is 18.2 Å². The van der Waals surface area contributed by atoms with E-state index in [4.69, 9.17) is 10.5 Å². The largest absolute Gasteiger partial charge is 0.492 e. The standard InChI is InChI=1S/C19H18FN3O4/c1-19(13-5-2-4-12(10-13)16(21)24)17(25)23(18(26)22-19)8-9-27-15-7-3-6-14(20)11-15/h2-7,10-11H,8-9H2,1H3,(H2,21,24)(H,22,26). The maximum Gasteiger partial charge on any atom is 0.325 e. The minimum Gasteiger partial charge on any atom is -0.492 e. The van der Waals surface area contributed by atoms with Gasteiger partial charge in [-0.25, -0.2) is 9.18 Å². The third kappa shape index (κ3) is 3.59. The molecule has 8 heteroatoms. The molecular weight excluding hydrogens is 353 g/mol. The smallest absolute Gasteiger partial charge is 0.325 e. The van der Waals surface area contributed by atoms with E-state index in [0.29, 0.717) is 11.3 Å². The summed E-state index contributed by atoms with van der Waals surface area (Å²) in [6.45, 7) is 1.56.